The summed E-state index contributed by atoms with van der Waals surface area (Å²) in [5, 5.41) is 20.9. The Balaban J connectivity index is 0.963. The summed E-state index contributed by atoms with van der Waals surface area (Å²) in [4.78, 5) is 142. The van der Waals surface area contributed by atoms with Gasteiger partial charge >= 0.3 is 42.9 Å². The number of aliphatic hydroxyl groups is 2. The zero-order valence-electron chi connectivity index (χ0n) is 40.8. The Morgan fingerprint density at radius 2 is 0.740 bits per heavy atom. The van der Waals surface area contributed by atoms with Crippen LogP contribution in [-0.2, 0) is 81.5 Å². The second-order valence-electron chi connectivity index (χ2n) is 18.3. The van der Waals surface area contributed by atoms with Crippen molar-refractivity contribution in [2.45, 2.75) is 127 Å². The van der Waals surface area contributed by atoms with E-state index in [4.69, 9.17) is 81.5 Å². The van der Waals surface area contributed by atoms with E-state index in [1.165, 1.54) is 52.5 Å². The van der Waals surface area contributed by atoms with Crippen LogP contribution < -0.4 is 45.0 Å². The van der Waals surface area contributed by atoms with Crippen LogP contribution in [0.3, 0.4) is 0 Å². The summed E-state index contributed by atoms with van der Waals surface area (Å²) in [7, 11) is 0. The minimum Gasteiger partial charge on any atom is -0.394 e. The average molecular weight is 1200 g/mol. The van der Waals surface area contributed by atoms with Gasteiger partial charge in [0.2, 0.25) is 0 Å². The zero-order chi connectivity index (χ0) is 56.1. The highest BCUT2D eigenvalue weighted by Crippen LogP contribution is 2.54. The number of H-pyrrole nitrogens is 4. The van der Waals surface area contributed by atoms with E-state index >= 15 is 0 Å². The Hall–Kier alpha value is -3.93. The third-order valence-electron chi connectivity index (χ3n) is 12.8. The lowest BCUT2D eigenvalue weighted by Crippen LogP contribution is -2.33. The molecule has 4 aliphatic heterocycles. The van der Waals surface area contributed by atoms with E-state index in [-0.39, 0.29) is 47.9 Å². The molecule has 8 rings (SSSR count). The minimum atomic E-state index is -4.50. The highest BCUT2D eigenvalue weighted by Gasteiger charge is 2.46. The third kappa shape index (κ3) is 14.0. The molecule has 0 aromatic carbocycles. The van der Waals surface area contributed by atoms with Crippen LogP contribution in [0.4, 0.5) is 0 Å². The second kappa shape index (κ2) is 23.6. The van der Waals surface area contributed by atoms with Gasteiger partial charge in [0, 0.05) is 72.7 Å². The quantitative estimate of drug-likeness (QED) is 0.0423. The van der Waals surface area contributed by atoms with Crippen molar-refractivity contribution in [3.63, 3.8) is 0 Å². The summed E-state index contributed by atoms with van der Waals surface area (Å²) in [5.41, 5.74) is -5.31. The van der Waals surface area contributed by atoms with Crippen LogP contribution in [0.5, 0.6) is 0 Å². The lowest BCUT2D eigenvalue weighted by Gasteiger charge is -2.28. The maximum absolute atomic E-state index is 13.0. The number of aromatic amines is 4. The average Bonchev–Trinajstić information content (AvgIpc) is 4.15. The molecule has 0 radical (unpaired) electrons. The number of ether oxygens (including phenoxy) is 4. The maximum atomic E-state index is 13.0. The Labute approximate surface area is 446 Å². The summed E-state index contributed by atoms with van der Waals surface area (Å²) in [5.74, 6) is 0. The molecule has 77 heavy (non-hydrogen) atoms. The first kappa shape index (κ1) is 59.2. The fourth-order valence-electron chi connectivity index (χ4n) is 8.75. The SMILES string of the molecule is Cc1cn(C2CC(O)C(COP(O)(=S)OC3CC(n4cc(C)c(=O)[nH]c4=O)OC3COP(O)(=S)OC3CC(n4cc(C)c(=O)[nH]c4=O)OC3COP(O)(=S)OC3CC(n4cc(C)c(=O)[nH]c4=O)OC3CO)O2)c(=O)[nH]c1=O. The Bertz CT molecular complexity index is 3530. The van der Waals surface area contributed by atoms with Crippen molar-refractivity contribution in [3.05, 3.63) is 130 Å². The number of nitrogens with one attached hydrogen (secondary N) is 4. The monoisotopic (exact) mass is 1200 g/mol. The molecule has 15 atom stereocenters. The molecule has 424 valence electrons. The first-order valence-electron chi connectivity index (χ1n) is 23.3. The van der Waals surface area contributed by atoms with Gasteiger partial charge in [-0.2, -0.15) is 0 Å². The number of aryl methyl sites for hydroxylation is 4. The van der Waals surface area contributed by atoms with Gasteiger partial charge in [-0.25, -0.2) is 19.2 Å². The van der Waals surface area contributed by atoms with Crippen LogP contribution >= 0.6 is 20.2 Å². The van der Waals surface area contributed by atoms with E-state index in [0.29, 0.717) is 0 Å². The predicted molar refractivity (Wildman–Crippen MR) is 273 cm³/mol. The zero-order valence-corrected chi connectivity index (χ0v) is 46.0. The van der Waals surface area contributed by atoms with Crippen molar-refractivity contribution in [1.82, 2.24) is 38.2 Å². The molecule has 15 unspecified atom stereocenters. The molecular weight excluding hydrogens is 1150 g/mol. The summed E-state index contributed by atoms with van der Waals surface area (Å²) >= 11 is 16.1. The summed E-state index contributed by atoms with van der Waals surface area (Å²) in [6.45, 7) is -9.94. The molecule has 0 amide bonds. The summed E-state index contributed by atoms with van der Waals surface area (Å²) < 4.78 is 62.7. The van der Waals surface area contributed by atoms with Crippen LogP contribution in [0, 0.1) is 27.7 Å². The van der Waals surface area contributed by atoms with Crippen LogP contribution in [0.1, 0.15) is 72.8 Å². The van der Waals surface area contributed by atoms with Crippen LogP contribution in [0.2, 0.25) is 0 Å². The normalized spacial score (nSPS) is 29.8. The number of aliphatic hydroxyl groups excluding tert-OH is 2. The van der Waals surface area contributed by atoms with Crippen molar-refractivity contribution in [2.75, 3.05) is 26.4 Å². The molecule has 4 aromatic heterocycles. The number of aromatic nitrogens is 8. The van der Waals surface area contributed by atoms with Gasteiger partial charge in [0.1, 0.15) is 49.3 Å². The van der Waals surface area contributed by atoms with E-state index in [2.05, 4.69) is 19.9 Å². The molecule has 8 heterocycles. The third-order valence-corrected chi connectivity index (χ3v) is 17.5. The number of hydrogen-bond acceptors (Lipinski definition) is 23. The molecular formula is C40H53N8O23P3S3. The van der Waals surface area contributed by atoms with Crippen molar-refractivity contribution >= 4 is 55.6 Å². The highest BCUT2D eigenvalue weighted by molar-refractivity contribution is 8.07. The summed E-state index contributed by atoms with van der Waals surface area (Å²) in [6.07, 6.45) is -10.4. The van der Waals surface area contributed by atoms with E-state index in [1.54, 1.807) is 0 Å². The van der Waals surface area contributed by atoms with Gasteiger partial charge in [0.05, 0.1) is 50.8 Å². The van der Waals surface area contributed by atoms with Crippen LogP contribution in [-0.4, -0.2) is 138 Å². The molecule has 37 heteroatoms. The van der Waals surface area contributed by atoms with Gasteiger partial charge in [-0.1, -0.05) is 0 Å². The molecule has 0 spiro atoms. The molecule has 4 fully saturated rings. The van der Waals surface area contributed by atoms with Gasteiger partial charge in [-0.05, 0) is 63.1 Å². The standard InChI is InChI=1S/C40H53N8O23P3S3/c1-17-9-45(37(55)41-33(17)51)29-5-21(50)26(66-29)14-62-72(59,75)70-23-7-31(47-11-19(3)35(53)43-39(47)57)68-28(23)16-64-74(61,77)71-24-8-32(48-12-20(4)36(54)44-40(48)58)67-27(24)15-63-73(60,76)69-22-6-30(65-25(22)13-49)46-10-18(2)34(52)42-38(46)56/h9-12,21-32,49-50H,5-8,13-16H2,1-4H3,(H,59,75)(H,60,76)(H,61,77)(H,41,51,55)(H,42,52,56)(H,43,53,57)(H,44,54,58). The second-order valence-corrected chi connectivity index (χ2v) is 26.7. The topological polar surface area (TPSA) is 413 Å². The molecule has 4 saturated heterocycles. The van der Waals surface area contributed by atoms with Gasteiger partial charge < -0.3 is 71.0 Å². The fourth-order valence-corrected chi connectivity index (χ4v) is 13.2. The van der Waals surface area contributed by atoms with Crippen molar-refractivity contribution in [2.24, 2.45) is 0 Å². The van der Waals surface area contributed by atoms with Crippen molar-refractivity contribution in [3.8, 4) is 0 Å². The van der Waals surface area contributed by atoms with Gasteiger partial charge in [-0.3, -0.25) is 57.4 Å². The maximum Gasteiger partial charge on any atom is 0.330 e. The smallest absolute Gasteiger partial charge is 0.330 e. The molecule has 0 aliphatic carbocycles. The lowest BCUT2D eigenvalue weighted by molar-refractivity contribution is -0.0572. The number of nitrogens with zero attached hydrogens (tertiary/aromatic N) is 4. The molecule has 31 nitrogen and oxygen atoms in total. The fraction of sp³-hybridized carbons (Fsp3) is 0.600. The van der Waals surface area contributed by atoms with E-state index in [1.807, 2.05) is 0 Å². The molecule has 0 saturated carbocycles. The Kier molecular flexibility index (Phi) is 18.2. The lowest BCUT2D eigenvalue weighted by atomic mass is 10.2. The van der Waals surface area contributed by atoms with Crippen molar-refractivity contribution in [1.29, 1.82) is 0 Å². The van der Waals surface area contributed by atoms with Gasteiger partial charge in [-0.15, -0.1) is 0 Å². The number of rotatable bonds is 20. The summed E-state index contributed by atoms with van der Waals surface area (Å²) in [6, 6.07) is 0. The van der Waals surface area contributed by atoms with Crippen LogP contribution in [0.25, 0.3) is 0 Å². The molecule has 0 bridgehead atoms. The first-order valence-corrected chi connectivity index (χ1v) is 31.0. The Morgan fingerprint density at radius 1 is 0.481 bits per heavy atom. The molecule has 4 aromatic rings. The van der Waals surface area contributed by atoms with Gasteiger partial charge in [0.25, 0.3) is 22.2 Å². The predicted octanol–water partition coefficient (Wildman–Crippen LogP) is -2.22. The molecule has 4 aliphatic rings. The van der Waals surface area contributed by atoms with E-state index < -0.39 is 165 Å². The van der Waals surface area contributed by atoms with Crippen LogP contribution in [0.15, 0.2) is 63.1 Å². The molecule has 9 N–H and O–H groups in total. The number of hydrogen-bond donors (Lipinski definition) is 9. The van der Waals surface area contributed by atoms with E-state index in [9.17, 15) is 63.2 Å². The minimum absolute atomic E-state index is 0.109. The van der Waals surface area contributed by atoms with Crippen molar-refractivity contribution < 1.29 is 71.0 Å². The largest absolute Gasteiger partial charge is 0.394 e. The Morgan fingerprint density at radius 3 is 1.05 bits per heavy atom. The van der Waals surface area contributed by atoms with E-state index in [0.717, 1.165) is 18.3 Å². The highest BCUT2D eigenvalue weighted by atomic mass is 32.5. The van der Waals surface area contributed by atoms with Gasteiger partial charge in [0.15, 0.2) is 0 Å². The first-order chi connectivity index (χ1) is 36.1.